The highest BCUT2D eigenvalue weighted by atomic mass is 16.5. The molecule has 3 heterocycles. The third-order valence-corrected chi connectivity index (χ3v) is 4.72. The highest BCUT2D eigenvalue weighted by molar-refractivity contribution is 5.31. The number of fused-ring (bicyclic) bond motifs is 1. The highest BCUT2D eigenvalue weighted by Crippen LogP contribution is 2.27. The first-order valence-electron chi connectivity index (χ1n) is 9.42. The molecule has 0 amide bonds. The molecule has 1 unspecified atom stereocenters. The van der Waals surface area contributed by atoms with Gasteiger partial charge < -0.3 is 9.47 Å². The molecular formula is C19H24N6O2. The zero-order valence-corrected chi connectivity index (χ0v) is 15.7. The van der Waals surface area contributed by atoms with E-state index < -0.39 is 0 Å². The second-order valence-corrected chi connectivity index (χ2v) is 6.49. The van der Waals surface area contributed by atoms with Gasteiger partial charge in [0.05, 0.1) is 13.2 Å². The second-order valence-electron chi connectivity index (χ2n) is 6.49. The Morgan fingerprint density at radius 3 is 2.63 bits per heavy atom. The van der Waals surface area contributed by atoms with Crippen molar-refractivity contribution in [3.05, 3.63) is 48.1 Å². The summed E-state index contributed by atoms with van der Waals surface area (Å²) in [6.45, 7) is 6.62. The van der Waals surface area contributed by atoms with E-state index >= 15 is 0 Å². The summed E-state index contributed by atoms with van der Waals surface area (Å²) in [4.78, 5) is 9.06. The predicted molar refractivity (Wildman–Crippen MR) is 98.7 cm³/mol. The Kier molecular flexibility index (Phi) is 5.04. The highest BCUT2D eigenvalue weighted by Gasteiger charge is 2.26. The van der Waals surface area contributed by atoms with Crippen molar-refractivity contribution in [3.63, 3.8) is 0 Å². The van der Waals surface area contributed by atoms with Crippen molar-refractivity contribution in [1.82, 2.24) is 29.5 Å². The fraction of sp³-hybridized carbons (Fsp3) is 0.474. The SMILES string of the molecule is CCOc1ccc(OCc2nc(C3CCc4ncnn4C3)n(CC)n2)cc1. The fourth-order valence-electron chi connectivity index (χ4n) is 3.39. The van der Waals surface area contributed by atoms with Crippen LogP contribution in [0.15, 0.2) is 30.6 Å². The number of rotatable bonds is 7. The van der Waals surface area contributed by atoms with Crippen molar-refractivity contribution in [1.29, 1.82) is 0 Å². The van der Waals surface area contributed by atoms with E-state index in [1.807, 2.05) is 40.6 Å². The van der Waals surface area contributed by atoms with E-state index in [1.54, 1.807) is 6.33 Å². The van der Waals surface area contributed by atoms with Crippen LogP contribution in [0.25, 0.3) is 0 Å². The molecule has 142 valence electrons. The second kappa shape index (κ2) is 7.77. The molecule has 1 atom stereocenters. The van der Waals surface area contributed by atoms with Crippen LogP contribution in [-0.2, 0) is 26.1 Å². The normalized spacial score (nSPS) is 16.1. The fourth-order valence-corrected chi connectivity index (χ4v) is 3.39. The molecule has 27 heavy (non-hydrogen) atoms. The summed E-state index contributed by atoms with van der Waals surface area (Å²) >= 11 is 0. The smallest absolute Gasteiger partial charge is 0.188 e. The average molecular weight is 368 g/mol. The molecule has 8 nitrogen and oxygen atoms in total. The quantitative estimate of drug-likeness (QED) is 0.638. The molecule has 0 saturated carbocycles. The van der Waals surface area contributed by atoms with Crippen molar-refractivity contribution in [3.8, 4) is 11.5 Å². The van der Waals surface area contributed by atoms with Gasteiger partial charge in [0.15, 0.2) is 5.82 Å². The summed E-state index contributed by atoms with van der Waals surface area (Å²) in [6.07, 6.45) is 3.55. The number of ether oxygens (including phenoxy) is 2. The predicted octanol–water partition coefficient (Wildman–Crippen LogP) is 2.60. The molecule has 1 aliphatic heterocycles. The van der Waals surface area contributed by atoms with Gasteiger partial charge >= 0.3 is 0 Å². The van der Waals surface area contributed by atoms with Crippen LogP contribution >= 0.6 is 0 Å². The van der Waals surface area contributed by atoms with Crippen molar-refractivity contribution in [2.45, 2.75) is 52.3 Å². The lowest BCUT2D eigenvalue weighted by molar-refractivity contribution is 0.293. The Hall–Kier alpha value is -2.90. The molecule has 3 aromatic rings. The average Bonchev–Trinajstić information content (AvgIpc) is 3.33. The van der Waals surface area contributed by atoms with Gasteiger partial charge in [-0.15, -0.1) is 0 Å². The maximum absolute atomic E-state index is 5.85. The van der Waals surface area contributed by atoms with Gasteiger partial charge in [-0.2, -0.15) is 10.2 Å². The van der Waals surface area contributed by atoms with Gasteiger partial charge in [-0.1, -0.05) is 0 Å². The summed E-state index contributed by atoms with van der Waals surface area (Å²) < 4.78 is 15.2. The number of hydrogen-bond acceptors (Lipinski definition) is 6. The van der Waals surface area contributed by atoms with Crippen molar-refractivity contribution >= 4 is 0 Å². The van der Waals surface area contributed by atoms with E-state index in [-0.39, 0.29) is 0 Å². The number of aromatic nitrogens is 6. The van der Waals surface area contributed by atoms with Crippen LogP contribution in [0.5, 0.6) is 11.5 Å². The van der Waals surface area contributed by atoms with Crippen LogP contribution in [0.3, 0.4) is 0 Å². The largest absolute Gasteiger partial charge is 0.494 e. The van der Waals surface area contributed by atoms with E-state index in [9.17, 15) is 0 Å². The molecule has 1 aliphatic rings. The Morgan fingerprint density at radius 2 is 1.89 bits per heavy atom. The molecule has 2 aromatic heterocycles. The van der Waals surface area contributed by atoms with Crippen LogP contribution in [0.2, 0.25) is 0 Å². The molecule has 0 spiro atoms. The summed E-state index contributed by atoms with van der Waals surface area (Å²) in [7, 11) is 0. The third-order valence-electron chi connectivity index (χ3n) is 4.72. The Morgan fingerprint density at radius 1 is 1.11 bits per heavy atom. The topological polar surface area (TPSA) is 79.9 Å². The molecule has 0 bridgehead atoms. The van der Waals surface area contributed by atoms with Crippen molar-refractivity contribution < 1.29 is 9.47 Å². The minimum Gasteiger partial charge on any atom is -0.494 e. The molecular weight excluding hydrogens is 344 g/mol. The van der Waals surface area contributed by atoms with E-state index in [2.05, 4.69) is 22.1 Å². The van der Waals surface area contributed by atoms with Crippen molar-refractivity contribution in [2.24, 2.45) is 0 Å². The standard InChI is InChI=1S/C19H24N6O2/c1-3-24-19(14-5-10-18-20-13-21-25(18)11-14)22-17(23-24)12-27-16-8-6-15(7-9-16)26-4-2/h6-9,13-14H,3-5,10-12H2,1-2H3. The summed E-state index contributed by atoms with van der Waals surface area (Å²) in [5.74, 6) is 4.66. The summed E-state index contributed by atoms with van der Waals surface area (Å²) in [5.41, 5.74) is 0. The molecule has 0 fully saturated rings. The van der Waals surface area contributed by atoms with Gasteiger partial charge in [-0.25, -0.2) is 19.3 Å². The van der Waals surface area contributed by atoms with Crippen LogP contribution < -0.4 is 9.47 Å². The zero-order valence-electron chi connectivity index (χ0n) is 15.7. The lowest BCUT2D eigenvalue weighted by Gasteiger charge is -2.21. The van der Waals surface area contributed by atoms with Gasteiger partial charge in [0, 0.05) is 18.9 Å². The first kappa shape index (κ1) is 17.5. The Labute approximate surface area is 158 Å². The van der Waals surface area contributed by atoms with Gasteiger partial charge in [0.1, 0.15) is 36.1 Å². The van der Waals surface area contributed by atoms with Gasteiger partial charge in [-0.05, 0) is 44.5 Å². The molecule has 0 N–H and O–H groups in total. The number of nitrogens with zero attached hydrogens (tertiary/aromatic N) is 6. The first-order valence-corrected chi connectivity index (χ1v) is 9.42. The minimum atomic E-state index is 0.297. The minimum absolute atomic E-state index is 0.297. The number of hydrogen-bond donors (Lipinski definition) is 0. The maximum atomic E-state index is 5.85. The molecule has 0 radical (unpaired) electrons. The van der Waals surface area contributed by atoms with E-state index in [0.717, 1.165) is 49.1 Å². The van der Waals surface area contributed by atoms with Crippen LogP contribution in [0, 0.1) is 0 Å². The first-order chi connectivity index (χ1) is 13.3. The van der Waals surface area contributed by atoms with Crippen molar-refractivity contribution in [2.75, 3.05) is 6.61 Å². The lowest BCUT2D eigenvalue weighted by atomic mass is 9.99. The summed E-state index contributed by atoms with van der Waals surface area (Å²) in [5, 5.41) is 8.92. The zero-order chi connectivity index (χ0) is 18.6. The van der Waals surface area contributed by atoms with Gasteiger partial charge in [0.2, 0.25) is 0 Å². The number of aryl methyl sites for hydroxylation is 2. The third kappa shape index (κ3) is 3.79. The van der Waals surface area contributed by atoms with Gasteiger partial charge in [-0.3, -0.25) is 0 Å². The molecule has 0 aliphatic carbocycles. The van der Waals surface area contributed by atoms with Crippen LogP contribution in [0.1, 0.15) is 43.7 Å². The van der Waals surface area contributed by atoms with E-state index in [4.69, 9.17) is 14.5 Å². The molecule has 1 aromatic carbocycles. The van der Waals surface area contributed by atoms with Crippen LogP contribution in [0.4, 0.5) is 0 Å². The maximum Gasteiger partial charge on any atom is 0.188 e. The van der Waals surface area contributed by atoms with Gasteiger partial charge in [0.25, 0.3) is 0 Å². The summed E-state index contributed by atoms with van der Waals surface area (Å²) in [6, 6.07) is 7.60. The molecule has 4 rings (SSSR count). The van der Waals surface area contributed by atoms with E-state index in [0.29, 0.717) is 25.0 Å². The number of benzene rings is 1. The molecule has 0 saturated heterocycles. The van der Waals surface area contributed by atoms with Crippen LogP contribution in [-0.4, -0.2) is 36.1 Å². The lowest BCUT2D eigenvalue weighted by Crippen LogP contribution is -2.22. The Balaban J connectivity index is 1.44. The Bertz CT molecular complexity index is 886. The van der Waals surface area contributed by atoms with E-state index in [1.165, 1.54) is 0 Å². The monoisotopic (exact) mass is 368 g/mol. The molecule has 8 heteroatoms.